The maximum absolute atomic E-state index is 12.1. The number of thioether (sulfide) groups is 1. The quantitative estimate of drug-likeness (QED) is 0.641. The van der Waals surface area contributed by atoms with Crippen molar-refractivity contribution in [3.63, 3.8) is 0 Å². The highest BCUT2D eigenvalue weighted by molar-refractivity contribution is 8.01. The number of carboxylic acids is 1. The molecule has 0 bridgehead atoms. The molecule has 1 aromatic carbocycles. The van der Waals surface area contributed by atoms with Gasteiger partial charge in [0.05, 0.1) is 11.0 Å². The van der Waals surface area contributed by atoms with Crippen LogP contribution in [-0.4, -0.2) is 39.9 Å². The Morgan fingerprint density at radius 1 is 1.13 bits per heavy atom. The molecule has 0 radical (unpaired) electrons. The number of para-hydroxylation sites is 1. The van der Waals surface area contributed by atoms with Gasteiger partial charge in [0.15, 0.2) is 0 Å². The first-order valence-electron chi connectivity index (χ1n) is 7.47. The van der Waals surface area contributed by atoms with Crippen LogP contribution < -0.4 is 10.6 Å². The normalized spacial score (nSPS) is 13.0. The van der Waals surface area contributed by atoms with Gasteiger partial charge in [0, 0.05) is 5.69 Å². The third-order valence-electron chi connectivity index (χ3n) is 3.16. The number of carbonyl (C=O) groups is 3. The number of nitrogens with one attached hydrogen (secondary N) is 2. The molecule has 0 heterocycles. The molecule has 23 heavy (non-hydrogen) atoms. The van der Waals surface area contributed by atoms with Gasteiger partial charge in [0.1, 0.15) is 6.04 Å². The predicted molar refractivity (Wildman–Crippen MR) is 91.5 cm³/mol. The van der Waals surface area contributed by atoms with E-state index in [9.17, 15) is 14.4 Å². The zero-order valence-corrected chi connectivity index (χ0v) is 14.1. The summed E-state index contributed by atoms with van der Waals surface area (Å²) in [6, 6.07) is 8.17. The first-order chi connectivity index (χ1) is 11.0. The van der Waals surface area contributed by atoms with Gasteiger partial charge in [0.25, 0.3) is 0 Å². The lowest BCUT2D eigenvalue weighted by Gasteiger charge is -2.18. The van der Waals surface area contributed by atoms with Crippen molar-refractivity contribution < 1.29 is 19.5 Å². The standard InChI is InChI=1S/C16H22N2O4S/c1-3-12(16(21)22)18-15(20)13(4-2)23-10-14(19)17-11-8-6-5-7-9-11/h5-9,12-13H,3-4,10H2,1-2H3,(H,17,19)(H,18,20)(H,21,22). The molecule has 0 fully saturated rings. The van der Waals surface area contributed by atoms with Crippen molar-refractivity contribution in [2.45, 2.75) is 38.0 Å². The van der Waals surface area contributed by atoms with E-state index < -0.39 is 17.3 Å². The molecular weight excluding hydrogens is 316 g/mol. The summed E-state index contributed by atoms with van der Waals surface area (Å²) in [5.74, 6) is -1.47. The minimum atomic E-state index is -1.05. The number of benzene rings is 1. The van der Waals surface area contributed by atoms with Gasteiger partial charge in [-0.2, -0.15) is 0 Å². The number of hydrogen-bond acceptors (Lipinski definition) is 4. The first kappa shape index (κ1) is 19.0. The fourth-order valence-electron chi connectivity index (χ4n) is 1.88. The number of carboxylic acid groups (broad SMARTS) is 1. The summed E-state index contributed by atoms with van der Waals surface area (Å²) in [6.45, 7) is 3.52. The van der Waals surface area contributed by atoms with E-state index in [1.165, 1.54) is 11.8 Å². The average molecular weight is 338 g/mol. The third kappa shape index (κ3) is 6.73. The van der Waals surface area contributed by atoms with Crippen LogP contribution in [0.3, 0.4) is 0 Å². The fourth-order valence-corrected chi connectivity index (χ4v) is 2.76. The number of amides is 2. The summed E-state index contributed by atoms with van der Waals surface area (Å²) in [6.07, 6.45) is 0.835. The predicted octanol–water partition coefficient (Wildman–Crippen LogP) is 2.12. The van der Waals surface area contributed by atoms with Gasteiger partial charge < -0.3 is 15.7 Å². The van der Waals surface area contributed by atoms with Gasteiger partial charge in [-0.3, -0.25) is 9.59 Å². The Kier molecular flexibility index (Phi) is 8.18. The second-order valence-corrected chi connectivity index (χ2v) is 6.12. The molecule has 126 valence electrons. The van der Waals surface area contributed by atoms with Crippen LogP contribution in [0.2, 0.25) is 0 Å². The molecule has 2 atom stereocenters. The van der Waals surface area contributed by atoms with Crippen molar-refractivity contribution in [2.24, 2.45) is 0 Å². The third-order valence-corrected chi connectivity index (χ3v) is 4.54. The summed E-state index contributed by atoms with van der Waals surface area (Å²) in [5, 5.41) is 13.8. The van der Waals surface area contributed by atoms with Crippen molar-refractivity contribution in [2.75, 3.05) is 11.1 Å². The summed E-state index contributed by atoms with van der Waals surface area (Å²) >= 11 is 1.20. The lowest BCUT2D eigenvalue weighted by molar-refractivity contribution is -0.141. The molecule has 1 aromatic rings. The minimum Gasteiger partial charge on any atom is -0.480 e. The molecule has 0 aliphatic rings. The summed E-state index contributed by atoms with van der Waals surface area (Å²) in [4.78, 5) is 34.9. The molecule has 2 amide bonds. The van der Waals surface area contributed by atoms with Crippen molar-refractivity contribution in [3.05, 3.63) is 30.3 Å². The molecule has 2 unspecified atom stereocenters. The maximum Gasteiger partial charge on any atom is 0.326 e. The van der Waals surface area contributed by atoms with Crippen LogP contribution >= 0.6 is 11.8 Å². The van der Waals surface area contributed by atoms with E-state index in [-0.39, 0.29) is 17.6 Å². The van der Waals surface area contributed by atoms with Crippen LogP contribution in [0.5, 0.6) is 0 Å². The van der Waals surface area contributed by atoms with E-state index >= 15 is 0 Å². The molecule has 0 aromatic heterocycles. The molecule has 0 aliphatic carbocycles. The Bertz CT molecular complexity index is 536. The first-order valence-corrected chi connectivity index (χ1v) is 8.52. The SMILES string of the molecule is CCC(NC(=O)C(CC)SCC(=O)Nc1ccccc1)C(=O)O. The molecule has 3 N–H and O–H groups in total. The molecular formula is C16H22N2O4S. The Morgan fingerprint density at radius 2 is 1.78 bits per heavy atom. The Labute approximate surface area is 140 Å². The summed E-state index contributed by atoms with van der Waals surface area (Å²) in [5.41, 5.74) is 0.701. The lowest BCUT2D eigenvalue weighted by atomic mass is 10.2. The topological polar surface area (TPSA) is 95.5 Å². The van der Waals surface area contributed by atoms with Crippen LogP contribution in [0, 0.1) is 0 Å². The Balaban J connectivity index is 2.47. The van der Waals surface area contributed by atoms with Crippen molar-refractivity contribution in [1.82, 2.24) is 5.32 Å². The van der Waals surface area contributed by atoms with E-state index in [0.29, 0.717) is 18.5 Å². The zero-order valence-electron chi connectivity index (χ0n) is 13.2. The lowest BCUT2D eigenvalue weighted by Crippen LogP contribution is -2.44. The number of aliphatic carboxylic acids is 1. The highest BCUT2D eigenvalue weighted by atomic mass is 32.2. The smallest absolute Gasteiger partial charge is 0.326 e. The van der Waals surface area contributed by atoms with Crippen LogP contribution in [0.4, 0.5) is 5.69 Å². The molecule has 0 aliphatic heterocycles. The fraction of sp³-hybridized carbons (Fsp3) is 0.438. The monoisotopic (exact) mass is 338 g/mol. The highest BCUT2D eigenvalue weighted by Gasteiger charge is 2.24. The van der Waals surface area contributed by atoms with Gasteiger partial charge in [-0.05, 0) is 25.0 Å². The van der Waals surface area contributed by atoms with Crippen molar-refractivity contribution in [3.8, 4) is 0 Å². The van der Waals surface area contributed by atoms with Gasteiger partial charge >= 0.3 is 5.97 Å². The van der Waals surface area contributed by atoms with Crippen molar-refractivity contribution in [1.29, 1.82) is 0 Å². The molecule has 0 saturated heterocycles. The molecule has 0 saturated carbocycles. The molecule has 0 spiro atoms. The van der Waals surface area contributed by atoms with E-state index in [1.807, 2.05) is 25.1 Å². The van der Waals surface area contributed by atoms with Crippen LogP contribution in [0.1, 0.15) is 26.7 Å². The Hall–Kier alpha value is -2.02. The summed E-state index contributed by atoms with van der Waals surface area (Å²) in [7, 11) is 0. The zero-order chi connectivity index (χ0) is 17.2. The minimum absolute atomic E-state index is 0.130. The summed E-state index contributed by atoms with van der Waals surface area (Å²) < 4.78 is 0. The van der Waals surface area contributed by atoms with Crippen LogP contribution in [0.25, 0.3) is 0 Å². The largest absolute Gasteiger partial charge is 0.480 e. The molecule has 6 nitrogen and oxygen atoms in total. The molecule has 1 rings (SSSR count). The number of hydrogen-bond donors (Lipinski definition) is 3. The van der Waals surface area contributed by atoms with E-state index in [0.717, 1.165) is 0 Å². The second kappa shape index (κ2) is 9.89. The van der Waals surface area contributed by atoms with E-state index in [1.54, 1.807) is 19.1 Å². The van der Waals surface area contributed by atoms with Crippen molar-refractivity contribution >= 4 is 35.2 Å². The van der Waals surface area contributed by atoms with E-state index in [4.69, 9.17) is 5.11 Å². The average Bonchev–Trinajstić information content (AvgIpc) is 2.53. The Morgan fingerprint density at radius 3 is 2.30 bits per heavy atom. The van der Waals surface area contributed by atoms with E-state index in [2.05, 4.69) is 10.6 Å². The highest BCUT2D eigenvalue weighted by Crippen LogP contribution is 2.16. The van der Waals surface area contributed by atoms with Gasteiger partial charge in [-0.1, -0.05) is 32.0 Å². The number of rotatable bonds is 9. The van der Waals surface area contributed by atoms with Gasteiger partial charge in [0.2, 0.25) is 11.8 Å². The van der Waals surface area contributed by atoms with Gasteiger partial charge in [-0.25, -0.2) is 4.79 Å². The van der Waals surface area contributed by atoms with Crippen LogP contribution in [-0.2, 0) is 14.4 Å². The maximum atomic E-state index is 12.1. The number of carbonyl (C=O) groups excluding carboxylic acids is 2. The number of anilines is 1. The van der Waals surface area contributed by atoms with Crippen LogP contribution in [0.15, 0.2) is 30.3 Å². The second-order valence-electron chi connectivity index (χ2n) is 4.93. The molecule has 7 heteroatoms. The van der Waals surface area contributed by atoms with Gasteiger partial charge in [-0.15, -0.1) is 11.8 Å².